The van der Waals surface area contributed by atoms with Gasteiger partial charge < -0.3 is 10.2 Å². The van der Waals surface area contributed by atoms with Crippen molar-refractivity contribution in [3.8, 4) is 10.6 Å². The number of benzene rings is 1. The zero-order valence-electron chi connectivity index (χ0n) is 14.3. The van der Waals surface area contributed by atoms with E-state index < -0.39 is 11.7 Å². The van der Waals surface area contributed by atoms with Crippen LogP contribution in [0.5, 0.6) is 0 Å². The minimum absolute atomic E-state index is 0.0266. The monoisotopic (exact) mass is 402 g/mol. The second-order valence-electron chi connectivity index (χ2n) is 6.22. The molecular weight excluding hydrogens is 387 g/mol. The van der Waals surface area contributed by atoms with Crippen molar-refractivity contribution >= 4 is 40.4 Å². The first-order valence-electron chi connectivity index (χ1n) is 8.53. The van der Waals surface area contributed by atoms with Crippen LogP contribution in [0.15, 0.2) is 41.9 Å². The van der Waals surface area contributed by atoms with Gasteiger partial charge in [0.05, 0.1) is 5.69 Å². The van der Waals surface area contributed by atoms with E-state index in [1.807, 2.05) is 12.1 Å². The standard InChI is InChI=1S/C19H16ClFN4OS/c20-13-4-5-14(21)15(9-13)23-18(26)16-11-27-19(24-16)12-3-6-17(22-10-12)25-7-1-2-8-25/h3-6,9-11H,1-2,7-8H2,(H,23,26). The van der Waals surface area contributed by atoms with Crippen LogP contribution in [0.1, 0.15) is 23.3 Å². The zero-order valence-corrected chi connectivity index (χ0v) is 15.9. The number of carbonyl (C=O) groups is 1. The van der Waals surface area contributed by atoms with Gasteiger partial charge in [-0.25, -0.2) is 14.4 Å². The maximum atomic E-state index is 13.8. The molecule has 27 heavy (non-hydrogen) atoms. The van der Waals surface area contributed by atoms with E-state index in [1.165, 1.54) is 42.4 Å². The molecule has 1 fully saturated rings. The van der Waals surface area contributed by atoms with Gasteiger partial charge in [0.2, 0.25) is 0 Å². The summed E-state index contributed by atoms with van der Waals surface area (Å²) >= 11 is 7.19. The van der Waals surface area contributed by atoms with Gasteiger partial charge in [0, 0.05) is 35.3 Å². The second-order valence-corrected chi connectivity index (χ2v) is 7.51. The van der Waals surface area contributed by atoms with Crippen LogP contribution in [0, 0.1) is 5.82 Å². The predicted octanol–water partition coefficient (Wildman–Crippen LogP) is 4.85. The average molecular weight is 403 g/mol. The highest BCUT2D eigenvalue weighted by Gasteiger charge is 2.16. The molecule has 1 aliphatic heterocycles. The summed E-state index contributed by atoms with van der Waals surface area (Å²) in [4.78, 5) is 23.5. The Morgan fingerprint density at radius 3 is 2.78 bits per heavy atom. The summed E-state index contributed by atoms with van der Waals surface area (Å²) in [6.45, 7) is 2.07. The quantitative estimate of drug-likeness (QED) is 0.677. The third-order valence-corrected chi connectivity index (χ3v) is 5.46. The minimum Gasteiger partial charge on any atom is -0.357 e. The van der Waals surface area contributed by atoms with E-state index in [1.54, 1.807) is 11.6 Å². The van der Waals surface area contributed by atoms with E-state index in [-0.39, 0.29) is 11.4 Å². The molecule has 1 saturated heterocycles. The van der Waals surface area contributed by atoms with E-state index in [4.69, 9.17) is 11.6 Å². The Bertz CT molecular complexity index is 970. The fourth-order valence-corrected chi connectivity index (χ4v) is 3.90. The summed E-state index contributed by atoms with van der Waals surface area (Å²) < 4.78 is 13.8. The van der Waals surface area contributed by atoms with Gasteiger partial charge >= 0.3 is 0 Å². The third-order valence-electron chi connectivity index (χ3n) is 4.34. The molecule has 0 radical (unpaired) electrons. The molecule has 138 valence electrons. The van der Waals surface area contributed by atoms with Crippen molar-refractivity contribution in [3.05, 3.63) is 58.4 Å². The molecule has 1 aliphatic rings. The van der Waals surface area contributed by atoms with Crippen LogP contribution in [0.3, 0.4) is 0 Å². The van der Waals surface area contributed by atoms with Crippen molar-refractivity contribution in [1.29, 1.82) is 0 Å². The molecule has 3 aromatic rings. The van der Waals surface area contributed by atoms with E-state index in [2.05, 4.69) is 20.2 Å². The maximum absolute atomic E-state index is 13.8. The Labute approximate surface area is 164 Å². The van der Waals surface area contributed by atoms with Crippen molar-refractivity contribution in [3.63, 3.8) is 0 Å². The highest BCUT2D eigenvalue weighted by atomic mass is 35.5. The Morgan fingerprint density at radius 2 is 2.04 bits per heavy atom. The topological polar surface area (TPSA) is 58.1 Å². The van der Waals surface area contributed by atoms with E-state index in [0.717, 1.165) is 24.5 Å². The molecule has 1 aromatic carbocycles. The van der Waals surface area contributed by atoms with Crippen molar-refractivity contribution in [2.24, 2.45) is 0 Å². The molecule has 8 heteroatoms. The predicted molar refractivity (Wildman–Crippen MR) is 106 cm³/mol. The Morgan fingerprint density at radius 1 is 1.22 bits per heavy atom. The lowest BCUT2D eigenvalue weighted by Crippen LogP contribution is -2.18. The summed E-state index contributed by atoms with van der Waals surface area (Å²) in [6, 6.07) is 7.92. The number of pyridine rings is 1. The zero-order chi connectivity index (χ0) is 18.8. The van der Waals surface area contributed by atoms with Crippen molar-refractivity contribution < 1.29 is 9.18 Å². The molecular formula is C19H16ClFN4OS. The van der Waals surface area contributed by atoms with Gasteiger partial charge in [-0.2, -0.15) is 0 Å². The van der Waals surface area contributed by atoms with E-state index in [9.17, 15) is 9.18 Å². The largest absolute Gasteiger partial charge is 0.357 e. The van der Waals surface area contributed by atoms with E-state index in [0.29, 0.717) is 10.0 Å². The molecule has 0 saturated carbocycles. The van der Waals surface area contributed by atoms with Gasteiger partial charge in [-0.3, -0.25) is 4.79 Å². The average Bonchev–Trinajstić information content (AvgIpc) is 3.37. The minimum atomic E-state index is -0.551. The van der Waals surface area contributed by atoms with Crippen LogP contribution in [-0.2, 0) is 0 Å². The molecule has 5 nitrogen and oxygen atoms in total. The Balaban J connectivity index is 1.49. The second kappa shape index (κ2) is 7.62. The molecule has 1 N–H and O–H groups in total. The first kappa shape index (κ1) is 17.9. The number of nitrogens with one attached hydrogen (secondary N) is 1. The first-order chi connectivity index (χ1) is 13.1. The number of hydrogen-bond donors (Lipinski definition) is 1. The van der Waals surface area contributed by atoms with Crippen LogP contribution in [0.4, 0.5) is 15.9 Å². The van der Waals surface area contributed by atoms with Gasteiger partial charge in [-0.05, 0) is 43.2 Å². The maximum Gasteiger partial charge on any atom is 0.275 e. The molecule has 0 atom stereocenters. The normalized spacial score (nSPS) is 13.8. The Hall–Kier alpha value is -2.51. The lowest BCUT2D eigenvalue weighted by molar-refractivity contribution is 0.102. The number of nitrogens with zero attached hydrogens (tertiary/aromatic N) is 3. The van der Waals surface area contributed by atoms with Gasteiger partial charge in [-0.1, -0.05) is 11.6 Å². The molecule has 1 amide bonds. The number of halogens is 2. The fraction of sp³-hybridized carbons (Fsp3) is 0.211. The number of thiazole rings is 1. The van der Waals surface area contributed by atoms with Crippen LogP contribution in [0.25, 0.3) is 10.6 Å². The summed E-state index contributed by atoms with van der Waals surface area (Å²) in [7, 11) is 0. The lowest BCUT2D eigenvalue weighted by Gasteiger charge is -2.15. The van der Waals surface area contributed by atoms with Crippen LogP contribution < -0.4 is 10.2 Å². The highest BCUT2D eigenvalue weighted by molar-refractivity contribution is 7.13. The molecule has 0 unspecified atom stereocenters. The summed E-state index contributed by atoms with van der Waals surface area (Å²) in [5.74, 6) is -0.0765. The smallest absolute Gasteiger partial charge is 0.275 e. The number of hydrogen-bond acceptors (Lipinski definition) is 5. The highest BCUT2D eigenvalue weighted by Crippen LogP contribution is 2.26. The molecule has 3 heterocycles. The Kier molecular flexibility index (Phi) is 5.05. The SMILES string of the molecule is O=C(Nc1cc(Cl)ccc1F)c1csc(-c2ccc(N3CCCC3)nc2)n1. The number of aromatic nitrogens is 2. The van der Waals surface area contributed by atoms with Crippen LogP contribution in [-0.4, -0.2) is 29.0 Å². The van der Waals surface area contributed by atoms with Gasteiger partial charge in [0.1, 0.15) is 22.3 Å². The molecule has 0 spiro atoms. The number of amides is 1. The number of carbonyl (C=O) groups excluding carboxylic acids is 1. The molecule has 4 rings (SSSR count). The van der Waals surface area contributed by atoms with Crippen LogP contribution in [0.2, 0.25) is 5.02 Å². The summed E-state index contributed by atoms with van der Waals surface area (Å²) in [5, 5.41) is 5.17. The molecule has 0 bridgehead atoms. The molecule has 0 aliphatic carbocycles. The first-order valence-corrected chi connectivity index (χ1v) is 9.79. The summed E-state index contributed by atoms with van der Waals surface area (Å²) in [5.41, 5.74) is 1.09. The third kappa shape index (κ3) is 3.94. The van der Waals surface area contributed by atoms with Crippen molar-refractivity contribution in [2.75, 3.05) is 23.3 Å². The van der Waals surface area contributed by atoms with Gasteiger partial charge in [0.25, 0.3) is 5.91 Å². The number of anilines is 2. The molecule has 2 aromatic heterocycles. The van der Waals surface area contributed by atoms with Crippen molar-refractivity contribution in [1.82, 2.24) is 9.97 Å². The number of rotatable bonds is 4. The van der Waals surface area contributed by atoms with E-state index >= 15 is 0 Å². The van der Waals surface area contributed by atoms with Gasteiger partial charge in [-0.15, -0.1) is 11.3 Å². The lowest BCUT2D eigenvalue weighted by atomic mass is 10.3. The van der Waals surface area contributed by atoms with Crippen molar-refractivity contribution in [2.45, 2.75) is 12.8 Å². The fourth-order valence-electron chi connectivity index (χ4n) is 2.94. The van der Waals surface area contributed by atoms with Gasteiger partial charge in [0.15, 0.2) is 0 Å². The van der Waals surface area contributed by atoms with Crippen LogP contribution >= 0.6 is 22.9 Å². The summed E-state index contributed by atoms with van der Waals surface area (Å²) in [6.07, 6.45) is 4.16.